The third kappa shape index (κ3) is 12.8. The highest BCUT2D eigenvalue weighted by molar-refractivity contribution is 7.47. The van der Waals surface area contributed by atoms with E-state index in [1.165, 1.54) is 44.9 Å². The van der Waals surface area contributed by atoms with Gasteiger partial charge in [-0.2, -0.15) is 0 Å². The lowest BCUT2D eigenvalue weighted by Gasteiger charge is -2.17. The smallest absolute Gasteiger partial charge is 0.170 e. The predicted octanol–water partition coefficient (Wildman–Crippen LogP) is 5.90. The van der Waals surface area contributed by atoms with Crippen LogP contribution in [-0.2, 0) is 9.05 Å². The molecule has 0 aromatic heterocycles. The number of hydrogen-bond acceptors (Lipinski definition) is 2. The predicted molar refractivity (Wildman–Crippen MR) is 82.3 cm³/mol. The molecule has 0 atom stereocenters. The van der Waals surface area contributed by atoms with Gasteiger partial charge in [0, 0.05) is 6.16 Å². The molecule has 0 rings (SSSR count). The van der Waals surface area contributed by atoms with Crippen LogP contribution in [0.4, 0.5) is 0 Å². The van der Waals surface area contributed by atoms with Gasteiger partial charge in [-0.25, -0.2) is 0 Å². The van der Waals surface area contributed by atoms with E-state index in [0.717, 1.165) is 32.2 Å². The van der Waals surface area contributed by atoms with Crippen molar-refractivity contribution in [1.82, 2.24) is 0 Å². The maximum Gasteiger partial charge on any atom is 0.170 e. The van der Waals surface area contributed by atoms with Gasteiger partial charge >= 0.3 is 0 Å². The molecule has 2 nitrogen and oxygen atoms in total. The summed E-state index contributed by atoms with van der Waals surface area (Å²) < 4.78 is 11.8. The standard InChI is InChI=1S/C15H33O2P/c1-4-7-10-11-12-15-18(16-13-8-5-2)17-14-9-6-3/h4-15H2,1-3H3. The monoisotopic (exact) mass is 276 g/mol. The molecule has 0 fully saturated rings. The second kappa shape index (κ2) is 15.4. The van der Waals surface area contributed by atoms with Gasteiger partial charge in [0.25, 0.3) is 0 Å². The fourth-order valence-electron chi connectivity index (χ4n) is 1.63. The van der Waals surface area contributed by atoms with E-state index in [2.05, 4.69) is 20.8 Å². The zero-order valence-electron chi connectivity index (χ0n) is 12.7. The van der Waals surface area contributed by atoms with Gasteiger partial charge in [-0.3, -0.25) is 0 Å². The van der Waals surface area contributed by atoms with Crippen molar-refractivity contribution in [1.29, 1.82) is 0 Å². The lowest BCUT2D eigenvalue weighted by Crippen LogP contribution is -1.99. The molecule has 0 saturated carbocycles. The minimum atomic E-state index is -0.605. The zero-order valence-corrected chi connectivity index (χ0v) is 13.6. The Bertz CT molecular complexity index is 143. The Morgan fingerprint density at radius 2 is 1.11 bits per heavy atom. The average molecular weight is 276 g/mol. The first-order valence-electron chi connectivity index (χ1n) is 7.88. The van der Waals surface area contributed by atoms with Crippen molar-refractivity contribution in [3.8, 4) is 0 Å². The molecule has 0 aromatic rings. The van der Waals surface area contributed by atoms with E-state index in [1.807, 2.05) is 0 Å². The maximum absolute atomic E-state index is 5.88. The lowest BCUT2D eigenvalue weighted by molar-refractivity contribution is 0.242. The van der Waals surface area contributed by atoms with Crippen LogP contribution >= 0.6 is 8.38 Å². The highest BCUT2D eigenvalue weighted by atomic mass is 31.2. The second-order valence-corrected chi connectivity index (χ2v) is 6.47. The highest BCUT2D eigenvalue weighted by Gasteiger charge is 2.09. The maximum atomic E-state index is 5.88. The van der Waals surface area contributed by atoms with Crippen LogP contribution in [0.2, 0.25) is 0 Å². The van der Waals surface area contributed by atoms with Gasteiger partial charge < -0.3 is 9.05 Å². The zero-order chi connectivity index (χ0) is 13.5. The molecule has 0 bridgehead atoms. The number of rotatable bonds is 14. The average Bonchev–Trinajstić information content (AvgIpc) is 2.38. The molecule has 0 aromatic carbocycles. The molecule has 0 spiro atoms. The SMILES string of the molecule is CCCCCCCP(OCCCC)OCCCC. The van der Waals surface area contributed by atoms with E-state index < -0.39 is 8.38 Å². The Morgan fingerprint density at radius 1 is 0.611 bits per heavy atom. The molecule has 0 unspecified atom stereocenters. The first-order chi connectivity index (χ1) is 8.85. The molecule has 0 N–H and O–H groups in total. The summed E-state index contributed by atoms with van der Waals surface area (Å²) in [6.07, 6.45) is 12.5. The van der Waals surface area contributed by atoms with Gasteiger partial charge in [0.2, 0.25) is 0 Å². The van der Waals surface area contributed by atoms with Gasteiger partial charge in [-0.15, -0.1) is 0 Å². The summed E-state index contributed by atoms with van der Waals surface area (Å²) >= 11 is 0. The molecular formula is C15H33O2P. The molecule has 0 aliphatic carbocycles. The number of unbranched alkanes of at least 4 members (excludes halogenated alkanes) is 6. The molecule has 110 valence electrons. The summed E-state index contributed by atoms with van der Waals surface area (Å²) in [6, 6.07) is 0. The summed E-state index contributed by atoms with van der Waals surface area (Å²) in [6.45, 7) is 8.42. The summed E-state index contributed by atoms with van der Waals surface area (Å²) in [5.74, 6) is 0. The minimum absolute atomic E-state index is 0.605. The van der Waals surface area contributed by atoms with E-state index in [-0.39, 0.29) is 0 Å². The Hall–Kier alpha value is 0.350. The Labute approximate surface area is 116 Å². The summed E-state index contributed by atoms with van der Waals surface area (Å²) in [7, 11) is -0.605. The van der Waals surface area contributed by atoms with Gasteiger partial charge in [-0.1, -0.05) is 59.3 Å². The summed E-state index contributed by atoms with van der Waals surface area (Å²) in [5, 5.41) is 0. The van der Waals surface area contributed by atoms with E-state index in [4.69, 9.17) is 9.05 Å². The summed E-state index contributed by atoms with van der Waals surface area (Å²) in [5.41, 5.74) is 0. The Balaban J connectivity index is 3.60. The van der Waals surface area contributed by atoms with E-state index in [1.54, 1.807) is 0 Å². The van der Waals surface area contributed by atoms with Crippen molar-refractivity contribution in [2.75, 3.05) is 19.4 Å². The third-order valence-electron chi connectivity index (χ3n) is 2.91. The van der Waals surface area contributed by atoms with Crippen LogP contribution in [0.5, 0.6) is 0 Å². The van der Waals surface area contributed by atoms with Crippen molar-refractivity contribution in [3.05, 3.63) is 0 Å². The molecule has 0 saturated heterocycles. The topological polar surface area (TPSA) is 18.5 Å². The van der Waals surface area contributed by atoms with Gasteiger partial charge in [0.1, 0.15) is 0 Å². The Morgan fingerprint density at radius 3 is 1.61 bits per heavy atom. The van der Waals surface area contributed by atoms with Crippen LogP contribution in [0.15, 0.2) is 0 Å². The first kappa shape index (κ1) is 18.4. The molecular weight excluding hydrogens is 243 g/mol. The van der Waals surface area contributed by atoms with Crippen LogP contribution < -0.4 is 0 Å². The normalized spacial score (nSPS) is 11.3. The highest BCUT2D eigenvalue weighted by Crippen LogP contribution is 2.39. The molecule has 0 heterocycles. The molecule has 18 heavy (non-hydrogen) atoms. The second-order valence-electron chi connectivity index (χ2n) is 4.84. The van der Waals surface area contributed by atoms with Crippen LogP contribution in [0, 0.1) is 0 Å². The fraction of sp³-hybridized carbons (Fsp3) is 1.00. The van der Waals surface area contributed by atoms with E-state index in [0.29, 0.717) is 0 Å². The van der Waals surface area contributed by atoms with Crippen LogP contribution in [-0.4, -0.2) is 19.4 Å². The molecule has 0 amide bonds. The van der Waals surface area contributed by atoms with Crippen LogP contribution in [0.1, 0.15) is 78.6 Å². The minimum Gasteiger partial charge on any atom is -0.334 e. The fourth-order valence-corrected chi connectivity index (χ4v) is 3.11. The van der Waals surface area contributed by atoms with Crippen molar-refractivity contribution in [2.45, 2.75) is 78.6 Å². The first-order valence-corrected chi connectivity index (χ1v) is 9.24. The lowest BCUT2D eigenvalue weighted by atomic mass is 10.2. The Kier molecular flexibility index (Phi) is 15.7. The van der Waals surface area contributed by atoms with E-state index >= 15 is 0 Å². The van der Waals surface area contributed by atoms with Gasteiger partial charge in [0.15, 0.2) is 8.38 Å². The van der Waals surface area contributed by atoms with Crippen molar-refractivity contribution >= 4 is 8.38 Å². The molecule has 0 aliphatic heterocycles. The van der Waals surface area contributed by atoms with Crippen LogP contribution in [0.25, 0.3) is 0 Å². The molecule has 3 heteroatoms. The number of hydrogen-bond donors (Lipinski definition) is 0. The third-order valence-corrected chi connectivity index (χ3v) is 4.53. The summed E-state index contributed by atoms with van der Waals surface area (Å²) in [4.78, 5) is 0. The van der Waals surface area contributed by atoms with E-state index in [9.17, 15) is 0 Å². The quantitative estimate of drug-likeness (QED) is 0.290. The largest absolute Gasteiger partial charge is 0.334 e. The van der Waals surface area contributed by atoms with Gasteiger partial charge in [-0.05, 0) is 19.3 Å². The van der Waals surface area contributed by atoms with Crippen molar-refractivity contribution in [3.63, 3.8) is 0 Å². The van der Waals surface area contributed by atoms with Crippen molar-refractivity contribution < 1.29 is 9.05 Å². The van der Waals surface area contributed by atoms with Gasteiger partial charge in [0.05, 0.1) is 13.2 Å². The molecule has 0 radical (unpaired) electrons. The van der Waals surface area contributed by atoms with Crippen LogP contribution in [0.3, 0.4) is 0 Å². The molecule has 0 aliphatic rings. The van der Waals surface area contributed by atoms with Crippen molar-refractivity contribution in [2.24, 2.45) is 0 Å².